The molecule has 0 radical (unpaired) electrons. The van der Waals surface area contributed by atoms with Gasteiger partial charge < -0.3 is 14.9 Å². The molecule has 0 aliphatic heterocycles. The molecule has 0 aliphatic carbocycles. The van der Waals surface area contributed by atoms with Crippen LogP contribution < -0.4 is 5.73 Å². The summed E-state index contributed by atoms with van der Waals surface area (Å²) in [6, 6.07) is 1.95. The van der Waals surface area contributed by atoms with Crippen molar-refractivity contribution in [2.75, 3.05) is 19.5 Å². The van der Waals surface area contributed by atoms with Crippen LogP contribution in [0.25, 0.3) is 5.65 Å². The van der Waals surface area contributed by atoms with Crippen molar-refractivity contribution >= 4 is 11.3 Å². The van der Waals surface area contributed by atoms with E-state index in [4.69, 9.17) is 10.5 Å². The number of ether oxygens (including phenoxy) is 1. The predicted octanol–water partition coefficient (Wildman–Crippen LogP) is 1.11. The van der Waals surface area contributed by atoms with Crippen LogP contribution in [0.15, 0.2) is 24.7 Å². The van der Waals surface area contributed by atoms with Crippen molar-refractivity contribution in [3.8, 4) is 0 Å². The first-order valence-electron chi connectivity index (χ1n) is 4.51. The molecule has 2 aromatic heterocycles. The summed E-state index contributed by atoms with van der Waals surface area (Å²) >= 11 is 0. The molecule has 0 bridgehead atoms. The summed E-state index contributed by atoms with van der Waals surface area (Å²) in [7, 11) is 1.69. The van der Waals surface area contributed by atoms with Crippen molar-refractivity contribution in [1.82, 2.24) is 9.38 Å². The van der Waals surface area contributed by atoms with E-state index in [1.165, 1.54) is 0 Å². The molecule has 2 rings (SSSR count). The molecule has 0 atom stereocenters. The maximum absolute atomic E-state index is 5.85. The highest BCUT2D eigenvalue weighted by Gasteiger charge is 2.01. The second-order valence-corrected chi connectivity index (χ2v) is 3.20. The summed E-state index contributed by atoms with van der Waals surface area (Å²) < 4.78 is 6.94. The molecule has 0 saturated heterocycles. The van der Waals surface area contributed by atoms with Gasteiger partial charge in [-0.2, -0.15) is 0 Å². The lowest BCUT2D eigenvalue weighted by Crippen LogP contribution is -1.99. The molecular formula is C10H13N3O. The number of anilines is 1. The van der Waals surface area contributed by atoms with Crippen molar-refractivity contribution < 1.29 is 4.74 Å². The van der Waals surface area contributed by atoms with Crippen LogP contribution in [0.2, 0.25) is 0 Å². The van der Waals surface area contributed by atoms with Crippen LogP contribution in [0, 0.1) is 0 Å². The van der Waals surface area contributed by atoms with Gasteiger partial charge in [-0.1, -0.05) is 0 Å². The maximum atomic E-state index is 5.85. The smallest absolute Gasteiger partial charge is 0.160 e. The van der Waals surface area contributed by atoms with Crippen molar-refractivity contribution in [3.63, 3.8) is 0 Å². The van der Waals surface area contributed by atoms with Crippen LogP contribution in [0.1, 0.15) is 5.56 Å². The quantitative estimate of drug-likeness (QED) is 0.790. The molecule has 0 aliphatic rings. The molecule has 2 N–H and O–H groups in total. The highest BCUT2D eigenvalue weighted by Crippen LogP contribution is 2.14. The molecule has 14 heavy (non-hydrogen) atoms. The minimum Gasteiger partial charge on any atom is -0.396 e. The Morgan fingerprint density at radius 1 is 1.57 bits per heavy atom. The summed E-state index contributed by atoms with van der Waals surface area (Å²) in [6.07, 6.45) is 6.53. The number of hydrogen-bond donors (Lipinski definition) is 1. The van der Waals surface area contributed by atoms with Gasteiger partial charge in [0.2, 0.25) is 0 Å². The molecule has 4 heteroatoms. The highest BCUT2D eigenvalue weighted by molar-refractivity contribution is 5.65. The molecule has 4 nitrogen and oxygen atoms in total. The van der Waals surface area contributed by atoms with Gasteiger partial charge in [-0.05, 0) is 18.1 Å². The largest absolute Gasteiger partial charge is 0.396 e. The Morgan fingerprint density at radius 3 is 3.21 bits per heavy atom. The molecule has 0 unspecified atom stereocenters. The van der Waals surface area contributed by atoms with Gasteiger partial charge in [0.15, 0.2) is 5.65 Å². The summed E-state index contributed by atoms with van der Waals surface area (Å²) in [4.78, 5) is 4.15. The Hall–Kier alpha value is -1.55. The average Bonchev–Trinajstić information content (AvgIpc) is 2.63. The van der Waals surface area contributed by atoms with E-state index in [1.807, 2.05) is 22.9 Å². The van der Waals surface area contributed by atoms with Crippen LogP contribution in [0.5, 0.6) is 0 Å². The second kappa shape index (κ2) is 3.67. The fraction of sp³-hybridized carbons (Fsp3) is 0.300. The Labute approximate surface area is 82.3 Å². The van der Waals surface area contributed by atoms with Gasteiger partial charge in [0.05, 0.1) is 12.3 Å². The lowest BCUT2D eigenvalue weighted by Gasteiger charge is -2.04. The van der Waals surface area contributed by atoms with E-state index in [2.05, 4.69) is 4.98 Å². The van der Waals surface area contributed by atoms with Gasteiger partial charge in [0.1, 0.15) is 0 Å². The molecule has 0 amide bonds. The lowest BCUT2D eigenvalue weighted by molar-refractivity contribution is 0.202. The van der Waals surface area contributed by atoms with Crippen molar-refractivity contribution in [2.24, 2.45) is 0 Å². The minimum atomic E-state index is 0.708. The third kappa shape index (κ3) is 1.56. The summed E-state index contributed by atoms with van der Waals surface area (Å²) in [5.74, 6) is 0. The Morgan fingerprint density at radius 2 is 2.43 bits per heavy atom. The fourth-order valence-corrected chi connectivity index (χ4v) is 1.48. The first kappa shape index (κ1) is 9.02. The van der Waals surface area contributed by atoms with Crippen molar-refractivity contribution in [3.05, 3.63) is 30.2 Å². The predicted molar refractivity (Wildman–Crippen MR) is 55.2 cm³/mol. The Balaban J connectivity index is 2.38. The number of nitrogens with zero attached hydrogens (tertiary/aromatic N) is 2. The third-order valence-electron chi connectivity index (χ3n) is 2.17. The zero-order chi connectivity index (χ0) is 9.97. The number of hydrogen-bond acceptors (Lipinski definition) is 3. The third-order valence-corrected chi connectivity index (χ3v) is 2.17. The zero-order valence-electron chi connectivity index (χ0n) is 8.10. The SMILES string of the molecule is COCCc1cc(N)c2nccn2c1. The molecule has 2 aromatic rings. The topological polar surface area (TPSA) is 52.5 Å². The Bertz CT molecular complexity index is 436. The summed E-state index contributed by atoms with van der Waals surface area (Å²) in [6.45, 7) is 0.708. The van der Waals surface area contributed by atoms with Crippen LogP contribution in [-0.4, -0.2) is 23.1 Å². The summed E-state index contributed by atoms with van der Waals surface area (Å²) in [5.41, 5.74) is 8.53. The van der Waals surface area contributed by atoms with Crippen LogP contribution >= 0.6 is 0 Å². The molecular weight excluding hydrogens is 178 g/mol. The number of imidazole rings is 1. The number of pyridine rings is 1. The van der Waals surface area contributed by atoms with Gasteiger partial charge >= 0.3 is 0 Å². The number of aromatic nitrogens is 2. The monoisotopic (exact) mass is 191 g/mol. The molecule has 0 spiro atoms. The van der Waals surface area contributed by atoms with Gasteiger partial charge in [0, 0.05) is 25.7 Å². The van der Waals surface area contributed by atoms with Crippen LogP contribution in [0.3, 0.4) is 0 Å². The fourth-order valence-electron chi connectivity index (χ4n) is 1.48. The van der Waals surface area contributed by atoms with E-state index in [-0.39, 0.29) is 0 Å². The molecule has 74 valence electrons. The van der Waals surface area contributed by atoms with E-state index in [9.17, 15) is 0 Å². The Kier molecular flexibility index (Phi) is 2.37. The molecule has 0 aromatic carbocycles. The number of nitrogen functional groups attached to an aromatic ring is 1. The first-order valence-corrected chi connectivity index (χ1v) is 4.51. The van der Waals surface area contributed by atoms with Crippen LogP contribution in [0.4, 0.5) is 5.69 Å². The van der Waals surface area contributed by atoms with E-state index < -0.39 is 0 Å². The molecule has 0 fully saturated rings. The van der Waals surface area contributed by atoms with E-state index in [1.54, 1.807) is 13.3 Å². The van der Waals surface area contributed by atoms with Gasteiger partial charge in [0.25, 0.3) is 0 Å². The highest BCUT2D eigenvalue weighted by atomic mass is 16.5. The lowest BCUT2D eigenvalue weighted by atomic mass is 10.2. The van der Waals surface area contributed by atoms with E-state index in [0.717, 1.165) is 17.6 Å². The van der Waals surface area contributed by atoms with Gasteiger partial charge in [-0.25, -0.2) is 4.98 Å². The number of methoxy groups -OCH3 is 1. The standard InChI is InChI=1S/C10H13N3O/c1-14-5-2-8-6-9(11)10-12-3-4-13(10)7-8/h3-4,6-7H,2,5,11H2,1H3. The maximum Gasteiger partial charge on any atom is 0.160 e. The van der Waals surface area contributed by atoms with Crippen LogP contribution in [-0.2, 0) is 11.2 Å². The summed E-state index contributed by atoms with van der Waals surface area (Å²) in [5, 5.41) is 0. The molecule has 2 heterocycles. The van der Waals surface area contributed by atoms with E-state index >= 15 is 0 Å². The van der Waals surface area contributed by atoms with Gasteiger partial charge in [-0.3, -0.25) is 0 Å². The van der Waals surface area contributed by atoms with Crippen molar-refractivity contribution in [1.29, 1.82) is 0 Å². The first-order chi connectivity index (χ1) is 6.81. The normalized spacial score (nSPS) is 10.9. The number of nitrogens with two attached hydrogens (primary N) is 1. The zero-order valence-corrected chi connectivity index (χ0v) is 8.10. The average molecular weight is 191 g/mol. The number of rotatable bonds is 3. The van der Waals surface area contributed by atoms with Crippen molar-refractivity contribution in [2.45, 2.75) is 6.42 Å². The van der Waals surface area contributed by atoms with E-state index in [0.29, 0.717) is 12.3 Å². The second-order valence-electron chi connectivity index (χ2n) is 3.20. The number of fused-ring (bicyclic) bond motifs is 1. The minimum absolute atomic E-state index is 0.708. The van der Waals surface area contributed by atoms with Gasteiger partial charge in [-0.15, -0.1) is 0 Å². The molecule has 0 saturated carbocycles.